The van der Waals surface area contributed by atoms with E-state index < -0.39 is 12.0 Å². The molecule has 0 saturated carbocycles. The molecular formula is C15H18ClNO4. The van der Waals surface area contributed by atoms with Crippen LogP contribution in [0.25, 0.3) is 0 Å². The molecule has 2 atom stereocenters. The molecule has 6 heteroatoms. The van der Waals surface area contributed by atoms with E-state index in [-0.39, 0.29) is 11.8 Å². The Morgan fingerprint density at radius 3 is 2.86 bits per heavy atom. The molecule has 1 saturated heterocycles. The predicted molar refractivity (Wildman–Crippen MR) is 78.0 cm³/mol. The monoisotopic (exact) mass is 311 g/mol. The molecule has 21 heavy (non-hydrogen) atoms. The molecule has 1 aromatic carbocycles. The van der Waals surface area contributed by atoms with Crippen LogP contribution >= 0.6 is 11.6 Å². The van der Waals surface area contributed by atoms with Gasteiger partial charge in [-0.3, -0.25) is 4.79 Å². The second kappa shape index (κ2) is 7.43. The molecule has 1 heterocycles. The van der Waals surface area contributed by atoms with Crippen LogP contribution in [0.15, 0.2) is 24.3 Å². The van der Waals surface area contributed by atoms with Crippen LogP contribution in [0, 0.1) is 5.92 Å². The molecule has 1 aliphatic heterocycles. The summed E-state index contributed by atoms with van der Waals surface area (Å²) in [7, 11) is 1.30. The number of rotatable bonds is 5. The van der Waals surface area contributed by atoms with Crippen molar-refractivity contribution in [2.24, 2.45) is 5.92 Å². The number of carbonyl (C=O) groups excluding carboxylic acids is 2. The first-order chi connectivity index (χ1) is 10.1. The van der Waals surface area contributed by atoms with Gasteiger partial charge in [-0.05, 0) is 18.1 Å². The number of halogens is 1. The zero-order chi connectivity index (χ0) is 15.2. The smallest absolute Gasteiger partial charge is 0.328 e. The lowest BCUT2D eigenvalue weighted by molar-refractivity contribution is -0.145. The largest absolute Gasteiger partial charge is 0.467 e. The van der Waals surface area contributed by atoms with E-state index in [4.69, 9.17) is 21.1 Å². The van der Waals surface area contributed by atoms with Crippen molar-refractivity contribution in [3.63, 3.8) is 0 Å². The number of benzene rings is 1. The highest BCUT2D eigenvalue weighted by Crippen LogP contribution is 2.18. The molecule has 1 aliphatic rings. The highest BCUT2D eigenvalue weighted by molar-refractivity contribution is 6.31. The lowest BCUT2D eigenvalue weighted by Crippen LogP contribution is -2.45. The molecule has 0 aromatic heterocycles. The molecule has 2 rings (SSSR count). The molecule has 0 radical (unpaired) electrons. The molecule has 0 aliphatic carbocycles. The van der Waals surface area contributed by atoms with Gasteiger partial charge in [-0.15, -0.1) is 0 Å². The molecule has 0 unspecified atom stereocenters. The summed E-state index contributed by atoms with van der Waals surface area (Å²) in [5, 5.41) is 3.29. The standard InChI is InChI=1S/C15H18ClNO4/c1-20-15(19)13(8-10-4-2-3-5-12(10)16)17-14(18)11-6-7-21-9-11/h2-5,11,13H,6-9H2,1H3,(H,17,18)/t11-,13-/m0/s1. The highest BCUT2D eigenvalue weighted by atomic mass is 35.5. The van der Waals surface area contributed by atoms with Gasteiger partial charge >= 0.3 is 5.97 Å². The van der Waals surface area contributed by atoms with E-state index in [1.807, 2.05) is 18.2 Å². The molecule has 1 amide bonds. The van der Waals surface area contributed by atoms with Crippen molar-refractivity contribution in [2.45, 2.75) is 18.9 Å². The van der Waals surface area contributed by atoms with E-state index in [9.17, 15) is 9.59 Å². The molecule has 0 bridgehead atoms. The van der Waals surface area contributed by atoms with Crippen LogP contribution in [-0.4, -0.2) is 38.2 Å². The highest BCUT2D eigenvalue weighted by Gasteiger charge is 2.29. The first-order valence-electron chi connectivity index (χ1n) is 6.81. The van der Waals surface area contributed by atoms with E-state index in [1.165, 1.54) is 7.11 Å². The van der Waals surface area contributed by atoms with Crippen LogP contribution in [0.4, 0.5) is 0 Å². The van der Waals surface area contributed by atoms with E-state index in [0.717, 1.165) is 5.56 Å². The summed E-state index contributed by atoms with van der Waals surface area (Å²) >= 11 is 6.10. The molecule has 1 aromatic rings. The van der Waals surface area contributed by atoms with Gasteiger partial charge in [0.25, 0.3) is 0 Å². The van der Waals surface area contributed by atoms with Gasteiger partial charge in [-0.2, -0.15) is 0 Å². The number of methoxy groups -OCH3 is 1. The second-order valence-electron chi connectivity index (χ2n) is 4.94. The third-order valence-electron chi connectivity index (χ3n) is 3.48. The first kappa shape index (κ1) is 15.8. The summed E-state index contributed by atoms with van der Waals surface area (Å²) in [5.74, 6) is -0.874. The SMILES string of the molecule is COC(=O)[C@H](Cc1ccccc1Cl)NC(=O)[C@H]1CCOC1. The Kier molecular flexibility index (Phi) is 5.59. The minimum atomic E-state index is -0.747. The minimum Gasteiger partial charge on any atom is -0.467 e. The summed E-state index contributed by atoms with van der Waals surface area (Å²) in [6.07, 6.45) is 0.970. The minimum absolute atomic E-state index is 0.185. The van der Waals surface area contributed by atoms with Crippen molar-refractivity contribution in [1.29, 1.82) is 0 Å². The van der Waals surface area contributed by atoms with E-state index >= 15 is 0 Å². The molecule has 114 valence electrons. The van der Waals surface area contributed by atoms with Gasteiger partial charge in [0.1, 0.15) is 6.04 Å². The zero-order valence-corrected chi connectivity index (χ0v) is 12.6. The van der Waals surface area contributed by atoms with Crippen LogP contribution < -0.4 is 5.32 Å². The summed E-state index contributed by atoms with van der Waals surface area (Å²) in [6, 6.07) is 6.47. The predicted octanol–water partition coefficient (Wildman–Crippen LogP) is 1.58. The Morgan fingerprint density at radius 1 is 1.48 bits per heavy atom. The quantitative estimate of drug-likeness (QED) is 0.839. The second-order valence-corrected chi connectivity index (χ2v) is 5.35. The number of hydrogen-bond acceptors (Lipinski definition) is 4. The van der Waals surface area contributed by atoms with E-state index in [1.54, 1.807) is 6.07 Å². The molecule has 1 fully saturated rings. The number of amides is 1. The Bertz CT molecular complexity index is 514. The summed E-state index contributed by atoms with van der Waals surface area (Å²) in [5.41, 5.74) is 0.789. The zero-order valence-electron chi connectivity index (χ0n) is 11.8. The van der Waals surface area contributed by atoms with Gasteiger partial charge in [-0.1, -0.05) is 29.8 Å². The Labute approximate surface area is 128 Å². The lowest BCUT2D eigenvalue weighted by atomic mass is 10.0. The van der Waals surface area contributed by atoms with Gasteiger partial charge in [0.2, 0.25) is 5.91 Å². The number of esters is 1. The molecule has 0 spiro atoms. The van der Waals surface area contributed by atoms with Crippen molar-refractivity contribution < 1.29 is 19.1 Å². The number of carbonyl (C=O) groups is 2. The van der Waals surface area contributed by atoms with E-state index in [0.29, 0.717) is 31.1 Å². The molecule has 5 nitrogen and oxygen atoms in total. The van der Waals surface area contributed by atoms with Crippen LogP contribution in [-0.2, 0) is 25.5 Å². The fourth-order valence-electron chi connectivity index (χ4n) is 2.25. The number of hydrogen-bond donors (Lipinski definition) is 1. The van der Waals surface area contributed by atoms with Crippen molar-refractivity contribution in [3.05, 3.63) is 34.9 Å². The third-order valence-corrected chi connectivity index (χ3v) is 3.85. The maximum absolute atomic E-state index is 12.1. The Morgan fingerprint density at radius 2 is 2.24 bits per heavy atom. The fourth-order valence-corrected chi connectivity index (χ4v) is 2.46. The van der Waals surface area contributed by atoms with Gasteiger partial charge in [0.15, 0.2) is 0 Å². The van der Waals surface area contributed by atoms with E-state index in [2.05, 4.69) is 5.32 Å². The van der Waals surface area contributed by atoms with Gasteiger partial charge in [0.05, 0.1) is 19.6 Å². The summed E-state index contributed by atoms with van der Waals surface area (Å²) in [6.45, 7) is 0.970. The lowest BCUT2D eigenvalue weighted by Gasteiger charge is -2.19. The summed E-state index contributed by atoms with van der Waals surface area (Å²) < 4.78 is 9.95. The Balaban J connectivity index is 2.06. The van der Waals surface area contributed by atoms with Crippen molar-refractivity contribution >= 4 is 23.5 Å². The Hall–Kier alpha value is -1.59. The summed E-state index contributed by atoms with van der Waals surface area (Å²) in [4.78, 5) is 24.0. The van der Waals surface area contributed by atoms with Gasteiger partial charge in [-0.25, -0.2) is 4.79 Å². The van der Waals surface area contributed by atoms with Crippen LogP contribution in [0.5, 0.6) is 0 Å². The average molecular weight is 312 g/mol. The normalized spacial score (nSPS) is 19.0. The van der Waals surface area contributed by atoms with Crippen LogP contribution in [0.3, 0.4) is 0 Å². The van der Waals surface area contributed by atoms with Crippen LogP contribution in [0.2, 0.25) is 5.02 Å². The maximum Gasteiger partial charge on any atom is 0.328 e. The maximum atomic E-state index is 12.1. The third kappa shape index (κ3) is 4.19. The van der Waals surface area contributed by atoms with Crippen molar-refractivity contribution in [2.75, 3.05) is 20.3 Å². The number of ether oxygens (including phenoxy) is 2. The average Bonchev–Trinajstić information content (AvgIpc) is 3.02. The number of nitrogens with one attached hydrogen (secondary N) is 1. The molecule has 1 N–H and O–H groups in total. The van der Waals surface area contributed by atoms with Crippen molar-refractivity contribution in [3.8, 4) is 0 Å². The van der Waals surface area contributed by atoms with Crippen LogP contribution in [0.1, 0.15) is 12.0 Å². The first-order valence-corrected chi connectivity index (χ1v) is 7.19. The fraction of sp³-hybridized carbons (Fsp3) is 0.467. The molecular weight excluding hydrogens is 294 g/mol. The van der Waals surface area contributed by atoms with Crippen molar-refractivity contribution in [1.82, 2.24) is 5.32 Å². The topological polar surface area (TPSA) is 64.6 Å². The van der Waals surface area contributed by atoms with Gasteiger partial charge < -0.3 is 14.8 Å². The van der Waals surface area contributed by atoms with Gasteiger partial charge in [0, 0.05) is 18.1 Å².